The smallest absolute Gasteiger partial charge is 0.328 e. The minimum Gasteiger partial charge on any atom is -0.480 e. The van der Waals surface area contributed by atoms with Crippen LogP contribution in [0, 0.1) is 0 Å². The van der Waals surface area contributed by atoms with Gasteiger partial charge in [0.05, 0.1) is 0 Å². The molecule has 1 rings (SSSR count). The Morgan fingerprint density at radius 3 is 2.78 bits per heavy atom. The number of rotatable bonds is 1. The van der Waals surface area contributed by atoms with Crippen LogP contribution in [0.3, 0.4) is 0 Å². The van der Waals surface area contributed by atoms with E-state index in [1.165, 1.54) is 0 Å². The SMILES string of the molecule is CC1=N[C@H](C(=O)O)CC1. The first-order valence-electron chi connectivity index (χ1n) is 2.96. The molecule has 1 heterocycles. The van der Waals surface area contributed by atoms with Crippen molar-refractivity contribution in [2.75, 3.05) is 0 Å². The average molecular weight is 127 g/mol. The number of hydrogen-bond acceptors (Lipinski definition) is 2. The van der Waals surface area contributed by atoms with Crippen LogP contribution in [-0.2, 0) is 4.79 Å². The fourth-order valence-electron chi connectivity index (χ4n) is 0.919. The van der Waals surface area contributed by atoms with Crippen molar-refractivity contribution in [3.05, 3.63) is 0 Å². The third kappa shape index (κ3) is 1.28. The maximum atomic E-state index is 10.2. The molecule has 3 heteroatoms. The molecule has 0 bridgehead atoms. The topological polar surface area (TPSA) is 49.7 Å². The number of hydrogen-bond donors (Lipinski definition) is 1. The molecular weight excluding hydrogens is 118 g/mol. The van der Waals surface area contributed by atoms with E-state index in [9.17, 15) is 4.79 Å². The Kier molecular flexibility index (Phi) is 1.51. The van der Waals surface area contributed by atoms with Gasteiger partial charge in [0.2, 0.25) is 0 Å². The van der Waals surface area contributed by atoms with Crippen LogP contribution < -0.4 is 0 Å². The zero-order valence-corrected chi connectivity index (χ0v) is 5.29. The summed E-state index contributed by atoms with van der Waals surface area (Å²) in [6.07, 6.45) is 1.53. The van der Waals surface area contributed by atoms with Gasteiger partial charge in [-0.3, -0.25) is 4.99 Å². The van der Waals surface area contributed by atoms with E-state index in [0.717, 1.165) is 12.1 Å². The number of carbonyl (C=O) groups is 1. The van der Waals surface area contributed by atoms with Gasteiger partial charge < -0.3 is 5.11 Å². The highest BCUT2D eigenvalue weighted by Crippen LogP contribution is 2.12. The van der Waals surface area contributed by atoms with E-state index in [1.54, 1.807) is 0 Å². The van der Waals surface area contributed by atoms with Crippen molar-refractivity contribution in [3.8, 4) is 0 Å². The number of aliphatic carboxylic acids is 1. The van der Waals surface area contributed by atoms with Gasteiger partial charge in [0.1, 0.15) is 6.04 Å². The van der Waals surface area contributed by atoms with Crippen LogP contribution in [0.1, 0.15) is 19.8 Å². The Morgan fingerprint density at radius 2 is 2.56 bits per heavy atom. The average Bonchev–Trinajstić information content (AvgIpc) is 2.14. The molecule has 0 unspecified atom stereocenters. The summed E-state index contributed by atoms with van der Waals surface area (Å²) in [5.41, 5.74) is 0.961. The number of carboxylic acid groups (broad SMARTS) is 1. The summed E-state index contributed by atoms with van der Waals surface area (Å²) in [6, 6.07) is -0.454. The molecule has 9 heavy (non-hydrogen) atoms. The third-order valence-electron chi connectivity index (χ3n) is 1.44. The predicted molar refractivity (Wildman–Crippen MR) is 33.8 cm³/mol. The summed E-state index contributed by atoms with van der Waals surface area (Å²) >= 11 is 0. The number of carboxylic acids is 1. The minimum absolute atomic E-state index is 0.454. The van der Waals surface area contributed by atoms with Gasteiger partial charge >= 0.3 is 5.97 Å². The monoisotopic (exact) mass is 127 g/mol. The maximum Gasteiger partial charge on any atom is 0.328 e. The highest BCUT2D eigenvalue weighted by Gasteiger charge is 2.20. The van der Waals surface area contributed by atoms with Crippen molar-refractivity contribution in [2.24, 2.45) is 4.99 Å². The van der Waals surface area contributed by atoms with Gasteiger partial charge in [0, 0.05) is 5.71 Å². The molecule has 0 aliphatic carbocycles. The summed E-state index contributed by atoms with van der Waals surface area (Å²) in [4.78, 5) is 14.1. The van der Waals surface area contributed by atoms with E-state index >= 15 is 0 Å². The van der Waals surface area contributed by atoms with Crippen molar-refractivity contribution in [1.82, 2.24) is 0 Å². The molecule has 0 aromatic carbocycles. The van der Waals surface area contributed by atoms with Gasteiger partial charge in [-0.25, -0.2) is 4.79 Å². The normalized spacial score (nSPS) is 25.9. The molecule has 0 aromatic rings. The fourth-order valence-corrected chi connectivity index (χ4v) is 0.919. The van der Waals surface area contributed by atoms with Gasteiger partial charge in [-0.15, -0.1) is 0 Å². The Labute approximate surface area is 53.4 Å². The second kappa shape index (κ2) is 2.17. The van der Waals surface area contributed by atoms with E-state index in [2.05, 4.69) is 4.99 Å². The first kappa shape index (κ1) is 6.26. The molecule has 1 atom stereocenters. The standard InChI is InChI=1S/C6H9NO2/c1-4-2-3-5(7-4)6(8)9/h5H,2-3H2,1H3,(H,8,9)/t5-/m0/s1. The van der Waals surface area contributed by atoms with E-state index in [-0.39, 0.29) is 0 Å². The van der Waals surface area contributed by atoms with E-state index in [1.807, 2.05) is 6.92 Å². The molecule has 0 spiro atoms. The Bertz CT molecular complexity index is 162. The van der Waals surface area contributed by atoms with Gasteiger partial charge in [-0.05, 0) is 19.8 Å². The zero-order valence-electron chi connectivity index (χ0n) is 5.29. The number of nitrogens with zero attached hydrogens (tertiary/aromatic N) is 1. The lowest BCUT2D eigenvalue weighted by Gasteiger charge is -1.94. The van der Waals surface area contributed by atoms with Crippen molar-refractivity contribution in [2.45, 2.75) is 25.8 Å². The second-order valence-electron chi connectivity index (χ2n) is 2.26. The van der Waals surface area contributed by atoms with E-state index < -0.39 is 12.0 Å². The highest BCUT2D eigenvalue weighted by atomic mass is 16.4. The van der Waals surface area contributed by atoms with Gasteiger partial charge in [-0.2, -0.15) is 0 Å². The minimum atomic E-state index is -0.799. The molecule has 0 aromatic heterocycles. The second-order valence-corrected chi connectivity index (χ2v) is 2.26. The van der Waals surface area contributed by atoms with Crippen molar-refractivity contribution < 1.29 is 9.90 Å². The van der Waals surface area contributed by atoms with Crippen molar-refractivity contribution in [1.29, 1.82) is 0 Å². The fraction of sp³-hybridized carbons (Fsp3) is 0.667. The predicted octanol–water partition coefficient (Wildman–Crippen LogP) is 0.694. The van der Waals surface area contributed by atoms with Crippen LogP contribution >= 0.6 is 0 Å². The molecule has 1 aliphatic heterocycles. The van der Waals surface area contributed by atoms with Gasteiger partial charge in [0.25, 0.3) is 0 Å². The molecule has 0 saturated carbocycles. The molecule has 0 fully saturated rings. The van der Waals surface area contributed by atoms with Crippen LogP contribution in [0.2, 0.25) is 0 Å². The van der Waals surface area contributed by atoms with Gasteiger partial charge in [-0.1, -0.05) is 0 Å². The zero-order chi connectivity index (χ0) is 6.85. The molecule has 0 amide bonds. The van der Waals surface area contributed by atoms with Crippen LogP contribution in [0.15, 0.2) is 4.99 Å². The Balaban J connectivity index is 2.57. The van der Waals surface area contributed by atoms with Gasteiger partial charge in [0.15, 0.2) is 0 Å². The summed E-state index contributed by atoms with van der Waals surface area (Å²) in [5.74, 6) is -0.799. The quantitative estimate of drug-likeness (QED) is 0.563. The lowest BCUT2D eigenvalue weighted by atomic mass is 10.2. The van der Waals surface area contributed by atoms with Crippen molar-refractivity contribution in [3.63, 3.8) is 0 Å². The lowest BCUT2D eigenvalue weighted by Crippen LogP contribution is -2.13. The molecular formula is C6H9NO2. The summed E-state index contributed by atoms with van der Waals surface area (Å²) < 4.78 is 0. The van der Waals surface area contributed by atoms with Crippen LogP contribution in [0.25, 0.3) is 0 Å². The van der Waals surface area contributed by atoms with E-state index in [0.29, 0.717) is 6.42 Å². The first-order chi connectivity index (χ1) is 4.20. The molecule has 50 valence electrons. The molecule has 0 radical (unpaired) electrons. The third-order valence-corrected chi connectivity index (χ3v) is 1.44. The maximum absolute atomic E-state index is 10.2. The first-order valence-corrected chi connectivity index (χ1v) is 2.96. The Morgan fingerprint density at radius 1 is 1.89 bits per heavy atom. The largest absolute Gasteiger partial charge is 0.480 e. The van der Waals surface area contributed by atoms with Crippen molar-refractivity contribution >= 4 is 11.7 Å². The molecule has 0 saturated heterocycles. The summed E-state index contributed by atoms with van der Waals surface area (Å²) in [5, 5.41) is 8.42. The Hall–Kier alpha value is -0.860. The van der Waals surface area contributed by atoms with Crippen LogP contribution in [-0.4, -0.2) is 22.8 Å². The molecule has 1 N–H and O–H groups in total. The number of aliphatic imine (C=N–C) groups is 1. The molecule has 1 aliphatic rings. The van der Waals surface area contributed by atoms with Crippen LogP contribution in [0.4, 0.5) is 0 Å². The summed E-state index contributed by atoms with van der Waals surface area (Å²) in [7, 11) is 0. The van der Waals surface area contributed by atoms with Crippen LogP contribution in [0.5, 0.6) is 0 Å². The van der Waals surface area contributed by atoms with E-state index in [4.69, 9.17) is 5.11 Å². The highest BCUT2D eigenvalue weighted by molar-refractivity contribution is 5.88. The summed E-state index contributed by atoms with van der Waals surface area (Å²) in [6.45, 7) is 1.86. The lowest BCUT2D eigenvalue weighted by molar-refractivity contribution is -0.138. The molecule has 3 nitrogen and oxygen atoms in total.